The van der Waals surface area contributed by atoms with Gasteiger partial charge in [-0.2, -0.15) is 10.1 Å². The van der Waals surface area contributed by atoms with Crippen LogP contribution in [0, 0.1) is 19.7 Å². The second-order valence-electron chi connectivity index (χ2n) is 8.43. The first-order valence-electron chi connectivity index (χ1n) is 10.8. The molecule has 166 valence electrons. The van der Waals surface area contributed by atoms with E-state index in [1.54, 1.807) is 19.1 Å². The molecular formula is C23H24FN5O2S. The number of nitrogens with one attached hydrogen (secondary N) is 1. The average Bonchev–Trinajstić information content (AvgIpc) is 3.48. The van der Waals surface area contributed by atoms with Crippen LogP contribution in [0.25, 0.3) is 10.2 Å². The van der Waals surface area contributed by atoms with Crippen LogP contribution in [0.4, 0.5) is 4.39 Å². The first-order chi connectivity index (χ1) is 15.4. The minimum atomic E-state index is -0.599. The Kier molecular flexibility index (Phi) is 5.28. The molecule has 1 N–H and O–H groups in total. The van der Waals surface area contributed by atoms with Crippen molar-refractivity contribution in [3.8, 4) is 0 Å². The molecule has 1 fully saturated rings. The van der Waals surface area contributed by atoms with E-state index < -0.39 is 5.54 Å². The highest BCUT2D eigenvalue weighted by atomic mass is 32.1. The van der Waals surface area contributed by atoms with Crippen molar-refractivity contribution < 1.29 is 13.7 Å². The normalized spacial score (nSPS) is 15.8. The van der Waals surface area contributed by atoms with Crippen molar-refractivity contribution in [1.82, 2.24) is 25.2 Å². The number of rotatable bonds is 5. The largest absolute Gasteiger partial charge is 0.340 e. The zero-order valence-electron chi connectivity index (χ0n) is 18.0. The van der Waals surface area contributed by atoms with E-state index in [-0.39, 0.29) is 11.7 Å². The van der Waals surface area contributed by atoms with Gasteiger partial charge >= 0.3 is 0 Å². The predicted molar refractivity (Wildman–Crippen MR) is 119 cm³/mol. The van der Waals surface area contributed by atoms with Crippen LogP contribution in [0.1, 0.15) is 64.7 Å². The quantitative estimate of drug-likeness (QED) is 0.466. The molecule has 3 heterocycles. The van der Waals surface area contributed by atoms with Crippen molar-refractivity contribution in [2.75, 3.05) is 0 Å². The Balaban J connectivity index is 1.43. The fourth-order valence-corrected chi connectivity index (χ4v) is 5.48. The number of nitrogens with zero attached hydrogens (tertiary/aromatic N) is 4. The van der Waals surface area contributed by atoms with Crippen LogP contribution in [0.5, 0.6) is 0 Å². The third-order valence-corrected chi connectivity index (χ3v) is 7.24. The van der Waals surface area contributed by atoms with Gasteiger partial charge in [-0.1, -0.05) is 36.6 Å². The molecule has 1 aliphatic carbocycles. The Morgan fingerprint density at radius 2 is 1.97 bits per heavy atom. The fourth-order valence-electron chi connectivity index (χ4n) is 4.43. The van der Waals surface area contributed by atoms with E-state index in [0.29, 0.717) is 23.1 Å². The third-order valence-electron chi connectivity index (χ3n) is 6.09. The number of thiophene rings is 1. The van der Waals surface area contributed by atoms with Gasteiger partial charge in [-0.15, -0.1) is 11.3 Å². The van der Waals surface area contributed by atoms with Crippen LogP contribution >= 0.6 is 11.3 Å². The zero-order valence-corrected chi connectivity index (χ0v) is 18.8. The van der Waals surface area contributed by atoms with Gasteiger partial charge in [0.2, 0.25) is 5.89 Å². The van der Waals surface area contributed by atoms with Gasteiger partial charge in [-0.3, -0.25) is 9.48 Å². The van der Waals surface area contributed by atoms with Crippen molar-refractivity contribution in [2.45, 2.75) is 58.0 Å². The van der Waals surface area contributed by atoms with Crippen molar-refractivity contribution in [2.24, 2.45) is 0 Å². The van der Waals surface area contributed by atoms with Gasteiger partial charge in [-0.25, -0.2) is 4.39 Å². The van der Waals surface area contributed by atoms with E-state index in [4.69, 9.17) is 4.52 Å². The van der Waals surface area contributed by atoms with Crippen molar-refractivity contribution in [3.63, 3.8) is 0 Å². The SMILES string of the molecule is Cc1nc(C2(NC(=O)c3cc4c(C)nn(Cc5ccc(F)cc5)c4s3)CCCCC2)no1. The molecule has 7 nitrogen and oxygen atoms in total. The predicted octanol–water partition coefficient (Wildman–Crippen LogP) is 4.87. The van der Waals surface area contributed by atoms with Crippen LogP contribution in [-0.4, -0.2) is 25.8 Å². The molecule has 1 aromatic carbocycles. The standard InChI is InChI=1S/C23H24FN5O2S/c1-14-18-12-19(32-21(18)29(27-14)13-16-6-8-17(24)9-7-16)20(30)26-23(10-4-3-5-11-23)22-25-15(2)31-28-22/h6-9,12H,3-5,10-11,13H2,1-2H3,(H,26,30). The van der Waals surface area contributed by atoms with Crippen LogP contribution in [0.2, 0.25) is 0 Å². The summed E-state index contributed by atoms with van der Waals surface area (Å²) in [6.07, 6.45) is 4.73. The number of carbonyl (C=O) groups excluding carboxylic acids is 1. The molecule has 0 aliphatic heterocycles. The Morgan fingerprint density at radius 1 is 1.22 bits per heavy atom. The molecule has 4 aromatic rings. The van der Waals surface area contributed by atoms with Gasteiger partial charge in [0.1, 0.15) is 16.2 Å². The number of hydrogen-bond donors (Lipinski definition) is 1. The second kappa shape index (κ2) is 8.12. The number of aromatic nitrogens is 4. The minimum Gasteiger partial charge on any atom is -0.340 e. The lowest BCUT2D eigenvalue weighted by Gasteiger charge is -2.35. The van der Waals surface area contributed by atoms with Crippen molar-refractivity contribution in [3.05, 3.63) is 64.0 Å². The van der Waals surface area contributed by atoms with Gasteiger partial charge in [0, 0.05) is 12.3 Å². The monoisotopic (exact) mass is 453 g/mol. The molecule has 32 heavy (non-hydrogen) atoms. The summed E-state index contributed by atoms with van der Waals surface area (Å²) in [5.41, 5.74) is 1.21. The number of halogens is 1. The highest BCUT2D eigenvalue weighted by Crippen LogP contribution is 2.37. The number of amides is 1. The summed E-state index contributed by atoms with van der Waals surface area (Å²) in [6.45, 7) is 4.21. The molecule has 3 aromatic heterocycles. The third kappa shape index (κ3) is 3.81. The second-order valence-corrected chi connectivity index (χ2v) is 9.46. The Morgan fingerprint density at radius 3 is 2.66 bits per heavy atom. The van der Waals surface area contributed by atoms with Gasteiger partial charge in [0.15, 0.2) is 5.82 Å². The molecule has 1 aliphatic rings. The summed E-state index contributed by atoms with van der Waals surface area (Å²) < 4.78 is 20.3. The summed E-state index contributed by atoms with van der Waals surface area (Å²) in [6, 6.07) is 8.29. The lowest BCUT2D eigenvalue weighted by molar-refractivity contribution is 0.0859. The number of hydrogen-bond acceptors (Lipinski definition) is 6. The summed E-state index contributed by atoms with van der Waals surface area (Å²) in [5, 5.41) is 12.9. The lowest BCUT2D eigenvalue weighted by atomic mass is 9.81. The number of carbonyl (C=O) groups is 1. The van der Waals surface area contributed by atoms with Crippen molar-refractivity contribution in [1.29, 1.82) is 0 Å². The van der Waals surface area contributed by atoms with E-state index >= 15 is 0 Å². The first-order valence-corrected chi connectivity index (χ1v) is 11.6. The topological polar surface area (TPSA) is 85.8 Å². The molecule has 1 amide bonds. The maximum Gasteiger partial charge on any atom is 0.262 e. The summed E-state index contributed by atoms with van der Waals surface area (Å²) in [7, 11) is 0. The molecule has 0 radical (unpaired) electrons. The van der Waals surface area contributed by atoms with Gasteiger partial charge in [0.25, 0.3) is 5.91 Å². The average molecular weight is 454 g/mol. The zero-order chi connectivity index (χ0) is 22.3. The van der Waals surface area contributed by atoms with E-state index in [0.717, 1.165) is 53.6 Å². The van der Waals surface area contributed by atoms with Crippen LogP contribution in [0.15, 0.2) is 34.9 Å². The smallest absolute Gasteiger partial charge is 0.262 e. The number of fused-ring (bicyclic) bond motifs is 1. The molecular weight excluding hydrogens is 429 g/mol. The van der Waals surface area contributed by atoms with E-state index in [1.165, 1.54) is 23.5 Å². The maximum absolute atomic E-state index is 13.3. The Labute approximate surface area is 188 Å². The fraction of sp³-hybridized carbons (Fsp3) is 0.391. The lowest BCUT2D eigenvalue weighted by Crippen LogP contribution is -2.47. The molecule has 9 heteroatoms. The molecule has 0 saturated heterocycles. The van der Waals surface area contributed by atoms with Crippen LogP contribution < -0.4 is 5.32 Å². The highest BCUT2D eigenvalue weighted by Gasteiger charge is 2.40. The molecule has 0 spiro atoms. The number of aryl methyl sites for hydroxylation is 2. The maximum atomic E-state index is 13.3. The summed E-state index contributed by atoms with van der Waals surface area (Å²) in [5.74, 6) is 0.655. The summed E-state index contributed by atoms with van der Waals surface area (Å²) >= 11 is 1.41. The van der Waals surface area contributed by atoms with Crippen LogP contribution in [0.3, 0.4) is 0 Å². The molecule has 1 saturated carbocycles. The van der Waals surface area contributed by atoms with E-state index in [9.17, 15) is 9.18 Å². The first kappa shape index (κ1) is 20.8. The summed E-state index contributed by atoms with van der Waals surface area (Å²) in [4.78, 5) is 19.3. The molecule has 0 atom stereocenters. The van der Waals surface area contributed by atoms with E-state index in [1.807, 2.05) is 17.7 Å². The highest BCUT2D eigenvalue weighted by molar-refractivity contribution is 7.20. The Hall–Kier alpha value is -3.07. The minimum absolute atomic E-state index is 0.136. The molecule has 5 rings (SSSR count). The van der Waals surface area contributed by atoms with Gasteiger partial charge in [-0.05, 0) is 43.5 Å². The molecule has 0 unspecified atom stereocenters. The van der Waals surface area contributed by atoms with Crippen LogP contribution in [-0.2, 0) is 12.1 Å². The van der Waals surface area contributed by atoms with Gasteiger partial charge in [0.05, 0.1) is 17.1 Å². The molecule has 0 bridgehead atoms. The van der Waals surface area contributed by atoms with Crippen molar-refractivity contribution >= 4 is 27.5 Å². The Bertz CT molecular complexity index is 1270. The number of benzene rings is 1. The van der Waals surface area contributed by atoms with E-state index in [2.05, 4.69) is 20.6 Å². The van der Waals surface area contributed by atoms with Gasteiger partial charge < -0.3 is 9.84 Å².